The number of ether oxygens (including phenoxy) is 1. The number of carbonyl (C=O) groups excluding carboxylic acids is 2. The van der Waals surface area contributed by atoms with Gasteiger partial charge in [-0.05, 0) is 74.0 Å². The molecule has 0 aliphatic rings. The maximum atomic E-state index is 13.0. The number of carbonyl (C=O) groups is 2. The topological polar surface area (TPSA) is 67.4 Å². The fourth-order valence-corrected chi connectivity index (χ4v) is 3.72. The quantitative estimate of drug-likeness (QED) is 0.301. The molecule has 34 heavy (non-hydrogen) atoms. The first-order chi connectivity index (χ1) is 16.0. The molecule has 0 fully saturated rings. The number of alkyl halides is 3. The van der Waals surface area contributed by atoms with Crippen LogP contribution in [0.1, 0.15) is 28.4 Å². The SMILES string of the molecule is CCOc1ccc(C(=O)c2ccc(Nc3cc(Br)ccc3NC(=O)C(F)(F)F)c(Cl)c2)c(C)c1. The van der Waals surface area contributed by atoms with Crippen molar-refractivity contribution in [2.45, 2.75) is 20.0 Å². The Kier molecular flexibility index (Phi) is 7.89. The smallest absolute Gasteiger partial charge is 0.471 e. The molecular formula is C24H19BrClF3N2O3. The molecule has 10 heteroatoms. The van der Waals surface area contributed by atoms with E-state index >= 15 is 0 Å². The lowest BCUT2D eigenvalue weighted by molar-refractivity contribution is -0.167. The third-order valence-corrected chi connectivity index (χ3v) is 5.55. The Morgan fingerprint density at radius 3 is 2.32 bits per heavy atom. The number of halogens is 5. The fourth-order valence-electron chi connectivity index (χ4n) is 3.13. The molecule has 0 aliphatic heterocycles. The molecule has 1 amide bonds. The van der Waals surface area contributed by atoms with Gasteiger partial charge in [0.2, 0.25) is 0 Å². The maximum Gasteiger partial charge on any atom is 0.471 e. The first-order valence-electron chi connectivity index (χ1n) is 10.0. The minimum Gasteiger partial charge on any atom is -0.494 e. The molecule has 0 saturated carbocycles. The van der Waals surface area contributed by atoms with Crippen LogP contribution in [0.4, 0.5) is 30.2 Å². The van der Waals surface area contributed by atoms with Crippen LogP contribution in [0.5, 0.6) is 5.75 Å². The molecule has 0 bridgehead atoms. The second-order valence-corrected chi connectivity index (χ2v) is 8.52. The number of amides is 1. The van der Waals surface area contributed by atoms with Gasteiger partial charge in [-0.15, -0.1) is 0 Å². The maximum absolute atomic E-state index is 13.0. The Labute approximate surface area is 207 Å². The van der Waals surface area contributed by atoms with E-state index in [0.717, 1.165) is 5.56 Å². The average molecular weight is 556 g/mol. The Morgan fingerprint density at radius 1 is 1.00 bits per heavy atom. The van der Waals surface area contributed by atoms with Crippen molar-refractivity contribution in [3.63, 3.8) is 0 Å². The van der Waals surface area contributed by atoms with Crippen molar-refractivity contribution in [3.8, 4) is 5.75 Å². The van der Waals surface area contributed by atoms with Crippen LogP contribution >= 0.6 is 27.5 Å². The molecule has 3 aromatic carbocycles. The van der Waals surface area contributed by atoms with Gasteiger partial charge in [0.1, 0.15) is 5.75 Å². The normalized spacial score (nSPS) is 11.1. The van der Waals surface area contributed by atoms with E-state index in [4.69, 9.17) is 16.3 Å². The van der Waals surface area contributed by atoms with Crippen molar-refractivity contribution in [3.05, 3.63) is 80.8 Å². The molecule has 0 heterocycles. The Bertz CT molecular complexity index is 1250. The molecule has 0 aliphatic carbocycles. The first-order valence-corrected chi connectivity index (χ1v) is 11.2. The molecule has 0 aromatic heterocycles. The van der Waals surface area contributed by atoms with Gasteiger partial charge >= 0.3 is 12.1 Å². The molecule has 5 nitrogen and oxygen atoms in total. The molecule has 0 saturated heterocycles. The number of hydrogen-bond donors (Lipinski definition) is 2. The number of hydrogen-bond acceptors (Lipinski definition) is 4. The van der Waals surface area contributed by atoms with Gasteiger partial charge in [-0.25, -0.2) is 0 Å². The number of ketones is 1. The minimum absolute atomic E-state index is 0.0910. The number of anilines is 3. The highest BCUT2D eigenvalue weighted by Crippen LogP contribution is 2.34. The van der Waals surface area contributed by atoms with Crippen LogP contribution in [-0.2, 0) is 4.79 Å². The van der Waals surface area contributed by atoms with E-state index in [2.05, 4.69) is 21.2 Å². The minimum atomic E-state index is -5.04. The number of nitrogens with one attached hydrogen (secondary N) is 2. The number of benzene rings is 3. The van der Waals surface area contributed by atoms with Crippen molar-refractivity contribution in [2.75, 3.05) is 17.2 Å². The van der Waals surface area contributed by atoms with Crippen LogP contribution < -0.4 is 15.4 Å². The zero-order valence-electron chi connectivity index (χ0n) is 18.0. The summed E-state index contributed by atoms with van der Waals surface area (Å²) in [4.78, 5) is 24.4. The first kappa shape index (κ1) is 25.6. The summed E-state index contributed by atoms with van der Waals surface area (Å²) in [5.74, 6) is -1.68. The molecular weight excluding hydrogens is 537 g/mol. The monoisotopic (exact) mass is 554 g/mol. The summed E-state index contributed by atoms with van der Waals surface area (Å²) in [7, 11) is 0. The zero-order chi connectivity index (χ0) is 25.0. The van der Waals surface area contributed by atoms with E-state index in [1.807, 2.05) is 12.2 Å². The number of rotatable bonds is 7. The standard InChI is InChI=1S/C24H19BrClF3N2O3/c1-3-34-16-6-7-17(13(2)10-16)22(32)14-4-8-19(18(26)11-14)30-21-12-15(25)5-9-20(21)31-23(33)24(27,28)29/h4-12,30H,3H2,1-2H3,(H,31,33). The van der Waals surface area contributed by atoms with Crippen LogP contribution in [0.2, 0.25) is 5.02 Å². The predicted octanol–water partition coefficient (Wildman–Crippen LogP) is 7.29. The zero-order valence-corrected chi connectivity index (χ0v) is 20.4. The molecule has 0 atom stereocenters. The number of aryl methyl sites for hydroxylation is 1. The average Bonchev–Trinajstić information content (AvgIpc) is 2.76. The van der Waals surface area contributed by atoms with Crippen molar-refractivity contribution in [1.82, 2.24) is 0 Å². The van der Waals surface area contributed by atoms with Crippen molar-refractivity contribution in [2.24, 2.45) is 0 Å². The second-order valence-electron chi connectivity index (χ2n) is 7.20. The third-order valence-electron chi connectivity index (χ3n) is 4.74. The Balaban J connectivity index is 1.86. The van der Waals surface area contributed by atoms with Gasteiger partial charge in [-0.1, -0.05) is 27.5 Å². The Hall–Kier alpha value is -3.04. The van der Waals surface area contributed by atoms with Crippen molar-refractivity contribution < 1.29 is 27.5 Å². The lowest BCUT2D eigenvalue weighted by atomic mass is 9.98. The van der Waals surface area contributed by atoms with E-state index in [-0.39, 0.29) is 22.2 Å². The van der Waals surface area contributed by atoms with Crippen LogP contribution in [0.25, 0.3) is 0 Å². The third kappa shape index (κ3) is 6.09. The summed E-state index contributed by atoms with van der Waals surface area (Å²) in [5, 5.41) is 4.91. The van der Waals surface area contributed by atoms with Gasteiger partial charge < -0.3 is 15.4 Å². The second kappa shape index (κ2) is 10.5. The van der Waals surface area contributed by atoms with Crippen LogP contribution in [0.15, 0.2) is 59.1 Å². The van der Waals surface area contributed by atoms with Gasteiger partial charge in [-0.2, -0.15) is 13.2 Å². The van der Waals surface area contributed by atoms with E-state index in [1.54, 1.807) is 31.2 Å². The summed E-state index contributed by atoms with van der Waals surface area (Å²) in [6.07, 6.45) is -5.04. The fraction of sp³-hybridized carbons (Fsp3) is 0.167. The van der Waals surface area contributed by atoms with Crippen LogP contribution in [0.3, 0.4) is 0 Å². The van der Waals surface area contributed by atoms with Gasteiger partial charge in [-0.3, -0.25) is 9.59 Å². The summed E-state index contributed by atoms with van der Waals surface area (Å²) in [6.45, 7) is 4.18. The summed E-state index contributed by atoms with van der Waals surface area (Å²) in [6, 6.07) is 14.0. The summed E-state index contributed by atoms with van der Waals surface area (Å²) < 4.78 is 44.1. The highest BCUT2D eigenvalue weighted by atomic mass is 79.9. The molecule has 0 unspecified atom stereocenters. The van der Waals surface area contributed by atoms with Crippen LogP contribution in [-0.4, -0.2) is 24.5 Å². The largest absolute Gasteiger partial charge is 0.494 e. The Morgan fingerprint density at radius 2 is 1.71 bits per heavy atom. The van der Waals surface area contributed by atoms with Crippen LogP contribution in [0, 0.1) is 6.92 Å². The van der Waals surface area contributed by atoms with E-state index < -0.39 is 12.1 Å². The summed E-state index contributed by atoms with van der Waals surface area (Å²) >= 11 is 9.62. The highest BCUT2D eigenvalue weighted by Gasteiger charge is 2.39. The highest BCUT2D eigenvalue weighted by molar-refractivity contribution is 9.10. The molecule has 0 radical (unpaired) electrons. The van der Waals surface area contributed by atoms with E-state index in [1.165, 1.54) is 30.3 Å². The predicted molar refractivity (Wildman–Crippen MR) is 129 cm³/mol. The molecule has 0 spiro atoms. The summed E-state index contributed by atoms with van der Waals surface area (Å²) in [5.41, 5.74) is 1.99. The van der Waals surface area contributed by atoms with Gasteiger partial charge in [0.25, 0.3) is 0 Å². The molecule has 178 valence electrons. The molecule has 3 aromatic rings. The van der Waals surface area contributed by atoms with Gasteiger partial charge in [0.15, 0.2) is 5.78 Å². The van der Waals surface area contributed by atoms with Gasteiger partial charge in [0, 0.05) is 15.6 Å². The van der Waals surface area contributed by atoms with Gasteiger partial charge in [0.05, 0.1) is 28.7 Å². The van der Waals surface area contributed by atoms with E-state index in [0.29, 0.717) is 33.6 Å². The molecule has 2 N–H and O–H groups in total. The van der Waals surface area contributed by atoms with Crippen molar-refractivity contribution >= 4 is 56.3 Å². The lowest BCUT2D eigenvalue weighted by Crippen LogP contribution is -2.30. The van der Waals surface area contributed by atoms with Crippen molar-refractivity contribution in [1.29, 1.82) is 0 Å². The lowest BCUT2D eigenvalue weighted by Gasteiger charge is -2.16. The molecule has 3 rings (SSSR count). The van der Waals surface area contributed by atoms with E-state index in [9.17, 15) is 22.8 Å².